The average molecular weight is 279 g/mol. The van der Waals surface area contributed by atoms with Gasteiger partial charge in [0, 0.05) is 16.5 Å². The number of phenols is 1. The second-order valence-electron chi connectivity index (χ2n) is 3.25. The third kappa shape index (κ3) is 2.60. The highest BCUT2D eigenvalue weighted by Gasteiger charge is 2.18. The first-order valence-electron chi connectivity index (χ1n) is 4.39. The van der Waals surface area contributed by atoms with Gasteiger partial charge in [-0.15, -0.1) is 0 Å². The maximum Gasteiger partial charge on any atom is 0.194 e. The molecule has 0 saturated heterocycles. The molecule has 0 heterocycles. The van der Waals surface area contributed by atoms with E-state index in [2.05, 4.69) is 15.9 Å². The fourth-order valence-electron chi connectivity index (χ4n) is 1.33. The van der Waals surface area contributed by atoms with Crippen molar-refractivity contribution in [2.75, 3.05) is 7.11 Å². The normalized spacial score (nSPS) is 12.6. The summed E-state index contributed by atoms with van der Waals surface area (Å²) < 4.78 is 18.5. The monoisotopic (exact) mass is 278 g/mol. The highest BCUT2D eigenvalue weighted by atomic mass is 79.9. The summed E-state index contributed by atoms with van der Waals surface area (Å²) in [5.41, 5.74) is 0.548. The van der Waals surface area contributed by atoms with Crippen LogP contribution in [0.2, 0.25) is 0 Å². The van der Waals surface area contributed by atoms with Crippen LogP contribution in [0.5, 0.6) is 11.5 Å². The average Bonchev–Trinajstić information content (AvgIpc) is 2.14. The lowest BCUT2D eigenvalue weighted by atomic mass is 10.1. The number of benzene rings is 1. The van der Waals surface area contributed by atoms with Crippen LogP contribution in [0.25, 0.3) is 0 Å². The highest BCUT2D eigenvalue weighted by Crippen LogP contribution is 2.38. The van der Waals surface area contributed by atoms with E-state index in [0.29, 0.717) is 10.0 Å². The van der Waals surface area contributed by atoms with Crippen molar-refractivity contribution < 1.29 is 19.3 Å². The van der Waals surface area contributed by atoms with Gasteiger partial charge >= 0.3 is 0 Å². The molecule has 84 valence electrons. The first-order valence-corrected chi connectivity index (χ1v) is 5.18. The Balaban J connectivity index is 3.29. The molecule has 0 aliphatic carbocycles. The van der Waals surface area contributed by atoms with Crippen molar-refractivity contribution in [3.63, 3.8) is 0 Å². The van der Waals surface area contributed by atoms with Gasteiger partial charge in [-0.25, -0.2) is 4.39 Å². The molecule has 3 nitrogen and oxygen atoms in total. The number of ether oxygens (including phenoxy) is 1. The van der Waals surface area contributed by atoms with Gasteiger partial charge in [0.2, 0.25) is 0 Å². The van der Waals surface area contributed by atoms with Crippen LogP contribution in [0.3, 0.4) is 0 Å². The third-order valence-corrected chi connectivity index (χ3v) is 2.67. The molecule has 1 rings (SSSR count). The lowest BCUT2D eigenvalue weighted by molar-refractivity contribution is 0.193. The van der Waals surface area contributed by atoms with Crippen LogP contribution >= 0.6 is 15.9 Å². The van der Waals surface area contributed by atoms with E-state index in [1.807, 2.05) is 0 Å². The molecule has 1 aromatic rings. The van der Waals surface area contributed by atoms with E-state index >= 15 is 0 Å². The smallest absolute Gasteiger partial charge is 0.194 e. The molecular formula is C10H12BrFO3. The molecule has 15 heavy (non-hydrogen) atoms. The molecule has 0 saturated carbocycles. The van der Waals surface area contributed by atoms with Gasteiger partial charge in [0.15, 0.2) is 17.3 Å². The Hall–Kier alpha value is -0.810. The van der Waals surface area contributed by atoms with Gasteiger partial charge in [-0.1, -0.05) is 15.9 Å². The molecular weight excluding hydrogens is 267 g/mol. The van der Waals surface area contributed by atoms with Crippen molar-refractivity contribution in [3.05, 3.63) is 21.9 Å². The van der Waals surface area contributed by atoms with E-state index in [9.17, 15) is 14.6 Å². The maximum absolute atomic E-state index is 13.1. The SMILES string of the molecule is COc1c(O)c(F)cc(Br)c1CC(C)O. The zero-order chi connectivity index (χ0) is 11.6. The first kappa shape index (κ1) is 12.3. The molecule has 0 radical (unpaired) electrons. The Labute approximate surface area is 95.6 Å². The summed E-state index contributed by atoms with van der Waals surface area (Å²) in [6, 6.07) is 1.15. The third-order valence-electron chi connectivity index (χ3n) is 1.96. The van der Waals surface area contributed by atoms with Gasteiger partial charge in [0.1, 0.15) is 0 Å². The van der Waals surface area contributed by atoms with Gasteiger partial charge in [-0.2, -0.15) is 0 Å². The van der Waals surface area contributed by atoms with Crippen LogP contribution in [0.1, 0.15) is 12.5 Å². The Morgan fingerprint density at radius 1 is 1.60 bits per heavy atom. The molecule has 1 unspecified atom stereocenters. The Morgan fingerprint density at radius 2 is 2.20 bits per heavy atom. The summed E-state index contributed by atoms with van der Waals surface area (Å²) in [4.78, 5) is 0. The van der Waals surface area contributed by atoms with E-state index in [1.165, 1.54) is 7.11 Å². The maximum atomic E-state index is 13.1. The predicted molar refractivity (Wildman–Crippen MR) is 57.7 cm³/mol. The number of phenolic OH excluding ortho intramolecular Hbond substituents is 1. The van der Waals surface area contributed by atoms with Crippen molar-refractivity contribution in [1.82, 2.24) is 0 Å². The van der Waals surface area contributed by atoms with Gasteiger partial charge < -0.3 is 14.9 Å². The van der Waals surface area contributed by atoms with Crippen molar-refractivity contribution in [3.8, 4) is 11.5 Å². The minimum Gasteiger partial charge on any atom is -0.502 e. The standard InChI is InChI=1S/C10H12BrFO3/c1-5(13)3-6-7(11)4-8(12)9(14)10(6)15-2/h4-5,13-14H,3H2,1-2H3. The van der Waals surface area contributed by atoms with Crippen LogP contribution in [0, 0.1) is 5.82 Å². The second kappa shape index (κ2) is 4.81. The van der Waals surface area contributed by atoms with Gasteiger partial charge in [-0.3, -0.25) is 0 Å². The topological polar surface area (TPSA) is 49.7 Å². The molecule has 0 aliphatic rings. The van der Waals surface area contributed by atoms with E-state index in [0.717, 1.165) is 6.07 Å². The number of rotatable bonds is 3. The van der Waals surface area contributed by atoms with Gasteiger partial charge in [0.05, 0.1) is 13.2 Å². The van der Waals surface area contributed by atoms with Crippen LogP contribution in [-0.4, -0.2) is 23.4 Å². The highest BCUT2D eigenvalue weighted by molar-refractivity contribution is 9.10. The number of hydrogen-bond acceptors (Lipinski definition) is 3. The fraction of sp³-hybridized carbons (Fsp3) is 0.400. The Kier molecular flexibility index (Phi) is 3.93. The number of hydrogen-bond donors (Lipinski definition) is 2. The van der Waals surface area contributed by atoms with Crippen molar-refractivity contribution >= 4 is 15.9 Å². The molecule has 0 bridgehead atoms. The van der Waals surface area contributed by atoms with Crippen molar-refractivity contribution in [1.29, 1.82) is 0 Å². The van der Waals surface area contributed by atoms with E-state index in [-0.39, 0.29) is 12.2 Å². The van der Waals surface area contributed by atoms with E-state index in [4.69, 9.17) is 4.74 Å². The van der Waals surface area contributed by atoms with Gasteiger partial charge in [0.25, 0.3) is 0 Å². The number of aromatic hydroxyl groups is 1. The molecule has 0 aliphatic heterocycles. The lowest BCUT2D eigenvalue weighted by Gasteiger charge is -2.14. The second-order valence-corrected chi connectivity index (χ2v) is 4.11. The molecule has 2 N–H and O–H groups in total. The summed E-state index contributed by atoms with van der Waals surface area (Å²) in [6.07, 6.45) is -0.322. The number of aliphatic hydroxyl groups is 1. The predicted octanol–water partition coefficient (Wildman–Crippen LogP) is 2.23. The molecule has 0 amide bonds. The minimum atomic E-state index is -0.756. The largest absolute Gasteiger partial charge is 0.502 e. The molecule has 1 atom stereocenters. The van der Waals surface area contributed by atoms with Crippen molar-refractivity contribution in [2.45, 2.75) is 19.4 Å². The number of halogens is 2. The van der Waals surface area contributed by atoms with Gasteiger partial charge in [-0.05, 0) is 13.0 Å². The summed E-state index contributed by atoms with van der Waals surface area (Å²) in [5, 5.41) is 18.7. The molecule has 5 heteroatoms. The zero-order valence-corrected chi connectivity index (χ0v) is 10.0. The Morgan fingerprint density at radius 3 is 2.67 bits per heavy atom. The quantitative estimate of drug-likeness (QED) is 0.892. The first-order chi connectivity index (χ1) is 6.97. The summed E-state index contributed by atoms with van der Waals surface area (Å²) >= 11 is 3.16. The van der Waals surface area contributed by atoms with Crippen LogP contribution < -0.4 is 4.74 Å². The summed E-state index contributed by atoms with van der Waals surface area (Å²) in [5.74, 6) is -1.23. The van der Waals surface area contributed by atoms with Crippen LogP contribution in [0.15, 0.2) is 10.5 Å². The molecule has 0 spiro atoms. The number of aliphatic hydroxyl groups excluding tert-OH is 1. The summed E-state index contributed by atoms with van der Waals surface area (Å²) in [6.45, 7) is 1.60. The van der Waals surface area contributed by atoms with Crippen LogP contribution in [0.4, 0.5) is 4.39 Å². The molecule has 1 aromatic carbocycles. The lowest BCUT2D eigenvalue weighted by Crippen LogP contribution is -2.07. The summed E-state index contributed by atoms with van der Waals surface area (Å²) in [7, 11) is 1.34. The Bertz CT molecular complexity index is 366. The number of methoxy groups -OCH3 is 1. The minimum absolute atomic E-state index is 0.0581. The zero-order valence-electron chi connectivity index (χ0n) is 8.42. The van der Waals surface area contributed by atoms with Crippen LogP contribution in [-0.2, 0) is 6.42 Å². The fourth-order valence-corrected chi connectivity index (χ4v) is 1.87. The molecule has 0 fully saturated rings. The van der Waals surface area contributed by atoms with E-state index < -0.39 is 17.7 Å². The van der Waals surface area contributed by atoms with E-state index in [1.54, 1.807) is 6.92 Å². The molecule has 0 aromatic heterocycles. The van der Waals surface area contributed by atoms with Crippen molar-refractivity contribution in [2.24, 2.45) is 0 Å².